The summed E-state index contributed by atoms with van der Waals surface area (Å²) in [6.45, 7) is 0.698. The number of halogens is 1. The number of hydrogen-bond acceptors (Lipinski definition) is 2. The van der Waals surface area contributed by atoms with E-state index in [2.05, 4.69) is 21.2 Å². The van der Waals surface area contributed by atoms with E-state index in [4.69, 9.17) is 5.73 Å². The van der Waals surface area contributed by atoms with Gasteiger partial charge in [-0.1, -0.05) is 15.9 Å². The normalized spacial score (nSPS) is 33.1. The van der Waals surface area contributed by atoms with Gasteiger partial charge >= 0.3 is 0 Å². The Morgan fingerprint density at radius 2 is 1.63 bits per heavy atom. The monoisotopic (exact) mass is 330 g/mol. The summed E-state index contributed by atoms with van der Waals surface area (Å²) in [6, 6.07) is 0. The molecule has 108 valence electrons. The van der Waals surface area contributed by atoms with Crippen molar-refractivity contribution in [2.45, 2.75) is 38.5 Å². The van der Waals surface area contributed by atoms with Crippen LogP contribution in [0.15, 0.2) is 0 Å². The fourth-order valence-electron chi connectivity index (χ4n) is 3.79. The molecule has 3 fully saturated rings. The summed E-state index contributed by atoms with van der Waals surface area (Å²) in [5, 5.41) is 3.95. The van der Waals surface area contributed by atoms with E-state index in [-0.39, 0.29) is 23.7 Å². The molecule has 3 aliphatic carbocycles. The minimum atomic E-state index is -0.282. The van der Waals surface area contributed by atoms with E-state index in [1.165, 1.54) is 0 Å². The molecule has 2 amide bonds. The van der Waals surface area contributed by atoms with Gasteiger partial charge < -0.3 is 11.1 Å². The van der Waals surface area contributed by atoms with Gasteiger partial charge in [-0.2, -0.15) is 0 Å². The van der Waals surface area contributed by atoms with Crippen LogP contribution in [0.25, 0.3) is 0 Å². The molecule has 3 N–H and O–H groups in total. The Balaban J connectivity index is 1.95. The molecule has 4 nitrogen and oxygen atoms in total. The fourth-order valence-corrected chi connectivity index (χ4v) is 4.18. The largest absolute Gasteiger partial charge is 0.369 e. The van der Waals surface area contributed by atoms with Crippen LogP contribution in [0.1, 0.15) is 38.5 Å². The minimum Gasteiger partial charge on any atom is -0.369 e. The Bertz CT molecular complexity index is 340. The Morgan fingerprint density at radius 1 is 1.05 bits per heavy atom. The number of carbonyl (C=O) groups excluding carboxylic acids is 2. The summed E-state index contributed by atoms with van der Waals surface area (Å²) in [4.78, 5) is 24.0. The average molecular weight is 331 g/mol. The van der Waals surface area contributed by atoms with Crippen molar-refractivity contribution in [2.75, 3.05) is 11.9 Å². The number of nitrogens with one attached hydrogen (secondary N) is 1. The number of unbranched alkanes of at least 4 members (excludes halogenated alkanes) is 1. The third-order valence-electron chi connectivity index (χ3n) is 4.71. The third-order valence-corrected chi connectivity index (χ3v) is 5.27. The number of nitrogens with two attached hydrogens (primary N) is 1. The highest BCUT2D eigenvalue weighted by Gasteiger charge is 2.49. The van der Waals surface area contributed by atoms with Crippen LogP contribution in [-0.2, 0) is 9.59 Å². The van der Waals surface area contributed by atoms with Crippen LogP contribution in [0, 0.1) is 23.7 Å². The molecule has 0 spiro atoms. The van der Waals surface area contributed by atoms with E-state index in [1.807, 2.05) is 0 Å². The van der Waals surface area contributed by atoms with Crippen LogP contribution in [0.5, 0.6) is 0 Å². The molecule has 2 unspecified atom stereocenters. The van der Waals surface area contributed by atoms with E-state index in [1.54, 1.807) is 0 Å². The zero-order valence-electron chi connectivity index (χ0n) is 11.2. The highest BCUT2D eigenvalue weighted by Crippen LogP contribution is 2.48. The van der Waals surface area contributed by atoms with Crippen LogP contribution >= 0.6 is 15.9 Å². The molecular weight excluding hydrogens is 308 g/mol. The van der Waals surface area contributed by atoms with Gasteiger partial charge in [-0.25, -0.2) is 0 Å². The summed E-state index contributed by atoms with van der Waals surface area (Å²) in [5.41, 5.74) is 5.53. The van der Waals surface area contributed by atoms with Gasteiger partial charge in [0.15, 0.2) is 0 Å². The highest BCUT2D eigenvalue weighted by molar-refractivity contribution is 9.09. The standard InChI is InChI=1S/C14H23BrN2O2/c15-7-1-2-8-17-14(19)12-10-5-3-9(4-6-10)11(12)13(16)18/h9-12H,1-8H2,(H2,16,18)(H,17,19). The first-order valence-corrected chi connectivity index (χ1v) is 8.40. The van der Waals surface area contributed by atoms with Gasteiger partial charge in [0, 0.05) is 11.9 Å². The predicted octanol–water partition coefficient (Wildman–Crippen LogP) is 1.82. The molecule has 0 aromatic carbocycles. The second kappa shape index (κ2) is 6.73. The van der Waals surface area contributed by atoms with Crippen LogP contribution in [0.4, 0.5) is 0 Å². The maximum Gasteiger partial charge on any atom is 0.224 e. The smallest absolute Gasteiger partial charge is 0.224 e. The molecule has 0 radical (unpaired) electrons. The van der Waals surface area contributed by atoms with Crippen molar-refractivity contribution in [1.29, 1.82) is 0 Å². The minimum absolute atomic E-state index is 0.0489. The Hall–Kier alpha value is -0.580. The number of alkyl halides is 1. The molecular formula is C14H23BrN2O2. The van der Waals surface area contributed by atoms with Gasteiger partial charge in [-0.05, 0) is 50.4 Å². The van der Waals surface area contributed by atoms with Gasteiger partial charge in [-0.15, -0.1) is 0 Å². The maximum atomic E-state index is 12.3. The molecule has 3 rings (SSSR count). The summed E-state index contributed by atoms with van der Waals surface area (Å²) in [7, 11) is 0. The zero-order chi connectivity index (χ0) is 13.8. The van der Waals surface area contributed by atoms with Crippen molar-refractivity contribution in [1.82, 2.24) is 5.32 Å². The van der Waals surface area contributed by atoms with Gasteiger partial charge in [0.05, 0.1) is 11.8 Å². The fraction of sp³-hybridized carbons (Fsp3) is 0.857. The molecule has 0 saturated heterocycles. The zero-order valence-corrected chi connectivity index (χ0v) is 12.8. The van der Waals surface area contributed by atoms with Crippen LogP contribution in [0.2, 0.25) is 0 Å². The topological polar surface area (TPSA) is 72.2 Å². The number of carbonyl (C=O) groups is 2. The first-order chi connectivity index (χ1) is 9.15. The lowest BCUT2D eigenvalue weighted by Gasteiger charge is -2.46. The van der Waals surface area contributed by atoms with Gasteiger partial charge in [0.25, 0.3) is 0 Å². The van der Waals surface area contributed by atoms with Crippen molar-refractivity contribution < 1.29 is 9.59 Å². The number of rotatable bonds is 6. The molecule has 2 atom stereocenters. The highest BCUT2D eigenvalue weighted by atomic mass is 79.9. The van der Waals surface area contributed by atoms with E-state index < -0.39 is 0 Å². The summed E-state index contributed by atoms with van der Waals surface area (Å²) < 4.78 is 0. The number of amides is 2. The van der Waals surface area contributed by atoms with Gasteiger partial charge in [0.1, 0.15) is 0 Å². The lowest BCUT2D eigenvalue weighted by molar-refractivity contribution is -0.144. The average Bonchev–Trinajstić information content (AvgIpc) is 2.43. The predicted molar refractivity (Wildman–Crippen MR) is 77.7 cm³/mol. The summed E-state index contributed by atoms with van der Waals surface area (Å²) in [6.07, 6.45) is 6.30. The Kier molecular flexibility index (Phi) is 5.25. The van der Waals surface area contributed by atoms with Crippen molar-refractivity contribution in [3.05, 3.63) is 0 Å². The Labute approximate surface area is 123 Å². The molecule has 5 heteroatoms. The maximum absolute atomic E-state index is 12.3. The van der Waals surface area contributed by atoms with E-state index in [0.717, 1.165) is 43.9 Å². The van der Waals surface area contributed by atoms with E-state index in [9.17, 15) is 9.59 Å². The SMILES string of the molecule is NC(=O)C1C2CCC(CC2)C1C(=O)NCCCCBr. The number of fused-ring (bicyclic) bond motifs is 3. The van der Waals surface area contributed by atoms with Crippen LogP contribution < -0.4 is 11.1 Å². The number of hydrogen-bond donors (Lipinski definition) is 2. The molecule has 2 bridgehead atoms. The lowest BCUT2D eigenvalue weighted by atomic mass is 9.58. The van der Waals surface area contributed by atoms with Crippen LogP contribution in [0.3, 0.4) is 0 Å². The molecule has 0 aliphatic heterocycles. The molecule has 0 aromatic heterocycles. The Morgan fingerprint density at radius 3 is 2.16 bits per heavy atom. The van der Waals surface area contributed by atoms with E-state index >= 15 is 0 Å². The summed E-state index contributed by atoms with van der Waals surface area (Å²) >= 11 is 3.37. The molecule has 0 aromatic rings. The quantitative estimate of drug-likeness (QED) is 0.576. The molecule has 19 heavy (non-hydrogen) atoms. The second-order valence-electron chi connectivity index (χ2n) is 5.82. The van der Waals surface area contributed by atoms with Crippen molar-refractivity contribution in [2.24, 2.45) is 29.4 Å². The lowest BCUT2D eigenvalue weighted by Crippen LogP contribution is -2.52. The third kappa shape index (κ3) is 3.30. The second-order valence-corrected chi connectivity index (χ2v) is 6.61. The molecule has 0 heterocycles. The first kappa shape index (κ1) is 14.8. The van der Waals surface area contributed by atoms with Crippen molar-refractivity contribution >= 4 is 27.7 Å². The van der Waals surface area contributed by atoms with Crippen molar-refractivity contribution in [3.63, 3.8) is 0 Å². The van der Waals surface area contributed by atoms with Crippen LogP contribution in [-0.4, -0.2) is 23.7 Å². The molecule has 3 saturated carbocycles. The van der Waals surface area contributed by atoms with E-state index in [0.29, 0.717) is 18.4 Å². The van der Waals surface area contributed by atoms with Gasteiger partial charge in [-0.3, -0.25) is 9.59 Å². The van der Waals surface area contributed by atoms with Gasteiger partial charge in [0.2, 0.25) is 11.8 Å². The first-order valence-electron chi connectivity index (χ1n) is 7.28. The summed E-state index contributed by atoms with van der Waals surface area (Å²) in [5.74, 6) is 0.0555. The van der Waals surface area contributed by atoms with Crippen molar-refractivity contribution in [3.8, 4) is 0 Å². The molecule has 3 aliphatic rings. The number of primary amides is 1.